The topological polar surface area (TPSA) is 242 Å². The van der Waals surface area contributed by atoms with Gasteiger partial charge >= 0.3 is 19.8 Å². The van der Waals surface area contributed by atoms with Gasteiger partial charge in [-0.05, 0) is 80.5 Å². The molecule has 15 heteroatoms. The average molecular weight is 683 g/mol. The van der Waals surface area contributed by atoms with Crippen LogP contribution in [-0.4, -0.2) is 58.6 Å². The van der Waals surface area contributed by atoms with Crippen molar-refractivity contribution in [1.82, 2.24) is 20.6 Å². The van der Waals surface area contributed by atoms with Gasteiger partial charge in [-0.15, -0.1) is 0 Å². The number of carbonyl (C=O) groups is 4. The van der Waals surface area contributed by atoms with Gasteiger partial charge in [0.05, 0.1) is 5.70 Å². The van der Waals surface area contributed by atoms with E-state index in [-0.39, 0.29) is 37.5 Å². The zero-order valence-corrected chi connectivity index (χ0v) is 27.9. The molecule has 9 N–H and O–H groups in total. The number of aromatic nitrogens is 2. The first-order valence-electron chi connectivity index (χ1n) is 14.7. The van der Waals surface area contributed by atoms with Crippen molar-refractivity contribution in [2.45, 2.75) is 59.8 Å². The van der Waals surface area contributed by atoms with Crippen molar-refractivity contribution in [1.29, 1.82) is 0 Å². The third kappa shape index (κ3) is 9.07. The first-order chi connectivity index (χ1) is 22.4. The summed E-state index contributed by atoms with van der Waals surface area (Å²) in [6.07, 6.45) is 7.58. The van der Waals surface area contributed by atoms with Crippen LogP contribution in [0.3, 0.4) is 0 Å². The lowest BCUT2D eigenvalue weighted by Gasteiger charge is -2.07. The first-order valence-corrected chi connectivity index (χ1v) is 16.3. The second kappa shape index (κ2) is 15.3. The predicted molar refractivity (Wildman–Crippen MR) is 178 cm³/mol. The van der Waals surface area contributed by atoms with E-state index in [1.165, 1.54) is 6.08 Å². The number of rotatable bonds is 12. The zero-order valence-electron chi connectivity index (χ0n) is 27.0. The number of aromatic amines is 2. The first kappa shape index (κ1) is 37.4. The number of carboxylic acids is 2. The van der Waals surface area contributed by atoms with Gasteiger partial charge in [-0.25, -0.2) is 4.57 Å². The molecule has 0 radical (unpaired) electrons. The smallest absolute Gasteiger partial charge is 0.466 e. The summed E-state index contributed by atoms with van der Waals surface area (Å²) in [5, 5.41) is 24.6. The van der Waals surface area contributed by atoms with Crippen molar-refractivity contribution < 1.29 is 48.6 Å². The average Bonchev–Trinajstić information content (AvgIpc) is 3.62. The largest absolute Gasteiger partial charge is 0.481 e. The Morgan fingerprint density at radius 2 is 1.12 bits per heavy atom. The quantitative estimate of drug-likeness (QED) is 0.147. The lowest BCUT2D eigenvalue weighted by molar-refractivity contribution is -0.138. The van der Waals surface area contributed by atoms with Crippen LogP contribution >= 0.6 is 7.82 Å². The SMILES string of the molecule is C=CC1=C(C)/C(=C/c2[nH]c(Cc3[nH]c(/C=C4\NC(=O)C(C)=C4C=C)c(C)c3CCC(=O)O)c(CCC(=O)O)c2C)NC1=O.O=P(O)(O)O. The van der Waals surface area contributed by atoms with Crippen LogP contribution in [-0.2, 0) is 43.0 Å². The number of allylic oxidation sites excluding steroid dienone is 2. The lowest BCUT2D eigenvalue weighted by atomic mass is 9.98. The Kier molecular flexibility index (Phi) is 11.9. The van der Waals surface area contributed by atoms with Gasteiger partial charge in [0.15, 0.2) is 0 Å². The van der Waals surface area contributed by atoms with Gasteiger partial charge in [-0.1, -0.05) is 25.3 Å². The normalized spacial score (nSPS) is 16.3. The molecule has 2 aliphatic heterocycles. The molecule has 0 aromatic carbocycles. The number of carboxylic acid groups (broad SMARTS) is 2. The molecule has 2 amide bonds. The van der Waals surface area contributed by atoms with E-state index in [0.717, 1.165) is 50.6 Å². The molecule has 0 fully saturated rings. The van der Waals surface area contributed by atoms with Gasteiger partial charge in [0.25, 0.3) is 11.8 Å². The molecule has 0 atom stereocenters. The van der Waals surface area contributed by atoms with Crippen LogP contribution in [0.1, 0.15) is 71.7 Å². The van der Waals surface area contributed by atoms with Gasteiger partial charge < -0.3 is 45.5 Å². The minimum Gasteiger partial charge on any atom is -0.481 e. The summed E-state index contributed by atoms with van der Waals surface area (Å²) in [5.74, 6) is -2.28. The van der Waals surface area contributed by atoms with Gasteiger partial charge in [0.1, 0.15) is 0 Å². The Hall–Kier alpha value is -5.01. The highest BCUT2D eigenvalue weighted by Gasteiger charge is 2.25. The summed E-state index contributed by atoms with van der Waals surface area (Å²) in [6.45, 7) is 14.9. The number of hydrogen-bond donors (Lipinski definition) is 9. The molecule has 4 rings (SSSR count). The van der Waals surface area contributed by atoms with Crippen LogP contribution < -0.4 is 10.6 Å². The Morgan fingerprint density at radius 1 is 0.708 bits per heavy atom. The van der Waals surface area contributed by atoms with Crippen molar-refractivity contribution in [3.63, 3.8) is 0 Å². The molecule has 0 saturated carbocycles. The number of H-pyrrole nitrogens is 2. The number of phosphoric acid groups is 1. The summed E-state index contributed by atoms with van der Waals surface area (Å²) >= 11 is 0. The second-order valence-electron chi connectivity index (χ2n) is 11.2. The van der Waals surface area contributed by atoms with Crippen LogP contribution in [0.4, 0.5) is 0 Å². The van der Waals surface area contributed by atoms with Crippen molar-refractivity contribution in [2.24, 2.45) is 0 Å². The summed E-state index contributed by atoms with van der Waals surface area (Å²) in [6, 6.07) is 0. The van der Waals surface area contributed by atoms with Crippen molar-refractivity contribution >= 4 is 43.7 Å². The van der Waals surface area contributed by atoms with Gasteiger partial charge in [0.2, 0.25) is 0 Å². The Labute approximate surface area is 276 Å². The highest BCUT2D eigenvalue weighted by Crippen LogP contribution is 2.31. The maximum atomic E-state index is 12.3. The Morgan fingerprint density at radius 3 is 1.52 bits per heavy atom. The third-order valence-corrected chi connectivity index (χ3v) is 8.11. The van der Waals surface area contributed by atoms with E-state index in [9.17, 15) is 29.4 Å². The summed E-state index contributed by atoms with van der Waals surface area (Å²) in [7, 11) is -4.64. The fourth-order valence-corrected chi connectivity index (χ4v) is 5.61. The van der Waals surface area contributed by atoms with E-state index in [0.29, 0.717) is 34.5 Å². The minimum atomic E-state index is -4.64. The fourth-order valence-electron chi connectivity index (χ4n) is 5.61. The van der Waals surface area contributed by atoms with Crippen molar-refractivity contribution in [3.8, 4) is 0 Å². The Balaban J connectivity index is 0.00000116. The van der Waals surface area contributed by atoms with E-state index in [1.54, 1.807) is 13.0 Å². The van der Waals surface area contributed by atoms with Crippen molar-refractivity contribution in [3.05, 3.63) is 104 Å². The highest BCUT2D eigenvalue weighted by atomic mass is 31.2. The molecule has 0 spiro atoms. The molecule has 2 aromatic rings. The molecular formula is C33H39N4O10P. The third-order valence-electron chi connectivity index (χ3n) is 8.11. The lowest BCUT2D eigenvalue weighted by Crippen LogP contribution is -2.15. The van der Waals surface area contributed by atoms with E-state index in [1.807, 2.05) is 32.9 Å². The number of hydrogen-bond acceptors (Lipinski definition) is 5. The molecule has 2 aliphatic rings. The van der Waals surface area contributed by atoms with Gasteiger partial charge in [-0.2, -0.15) is 0 Å². The molecule has 48 heavy (non-hydrogen) atoms. The standard InChI is InChI=1S/C33H36N4O6.H3O4P/c1-7-20-19(6)32(42)37-27(20)14-25-18(5)23(10-12-31(40)41)29(35-25)15-28-22(9-11-30(38)39)17(4)24(34-28)13-26-16(3)21(8-2)33(43)36-26;1-5(2,3)4/h7-8,13-14,34-35H,1-2,9-12,15H2,3-6H3,(H,36,43)(H,37,42)(H,38,39)(H,40,41);(H3,1,2,3,4)/b26-13-,27-14-;. The highest BCUT2D eigenvalue weighted by molar-refractivity contribution is 7.45. The number of carbonyl (C=O) groups excluding carboxylic acids is 2. The maximum absolute atomic E-state index is 12.3. The van der Waals surface area contributed by atoms with Crippen molar-refractivity contribution in [2.75, 3.05) is 0 Å². The van der Waals surface area contributed by atoms with Crippen LogP contribution in [0.25, 0.3) is 12.2 Å². The van der Waals surface area contributed by atoms with E-state index >= 15 is 0 Å². The van der Waals surface area contributed by atoms with Gasteiger partial charge in [0, 0.05) is 64.5 Å². The summed E-state index contributed by atoms with van der Waals surface area (Å²) < 4.78 is 8.88. The predicted octanol–water partition coefficient (Wildman–Crippen LogP) is 3.60. The molecule has 2 aromatic heterocycles. The van der Waals surface area contributed by atoms with Crippen LogP contribution in [0.15, 0.2) is 59.0 Å². The van der Waals surface area contributed by atoms with E-state index < -0.39 is 19.8 Å². The molecule has 256 valence electrons. The summed E-state index contributed by atoms with van der Waals surface area (Å²) in [4.78, 5) is 76.1. The molecule has 0 bridgehead atoms. The Bertz CT molecular complexity index is 1870. The van der Waals surface area contributed by atoms with E-state index in [4.69, 9.17) is 19.2 Å². The summed E-state index contributed by atoms with van der Waals surface area (Å²) in [5.41, 5.74) is 10.2. The molecule has 4 heterocycles. The molecule has 14 nitrogen and oxygen atoms in total. The fraction of sp³-hybridized carbons (Fsp3) is 0.273. The zero-order chi connectivity index (χ0) is 36.1. The van der Waals surface area contributed by atoms with Gasteiger partial charge in [-0.3, -0.25) is 19.2 Å². The van der Waals surface area contributed by atoms with Crippen LogP contribution in [0.5, 0.6) is 0 Å². The number of amides is 2. The van der Waals surface area contributed by atoms with E-state index in [2.05, 4.69) is 33.8 Å². The molecule has 0 saturated heterocycles. The van der Waals surface area contributed by atoms with Crippen LogP contribution in [0.2, 0.25) is 0 Å². The number of aliphatic carboxylic acids is 2. The molecular weight excluding hydrogens is 643 g/mol. The monoisotopic (exact) mass is 682 g/mol. The van der Waals surface area contributed by atoms with Crippen LogP contribution in [0, 0.1) is 13.8 Å². The minimum absolute atomic E-state index is 0.0688. The molecule has 0 aliphatic carbocycles. The maximum Gasteiger partial charge on any atom is 0.466 e. The number of nitrogens with one attached hydrogen (secondary N) is 4. The second-order valence-corrected chi connectivity index (χ2v) is 12.3. The molecule has 0 unspecified atom stereocenters.